The lowest BCUT2D eigenvalue weighted by molar-refractivity contribution is -0.127. The molecule has 0 bridgehead atoms. The fraction of sp³-hybridized carbons (Fsp3) is 0.579. The third-order valence-electron chi connectivity index (χ3n) is 5.19. The van der Waals surface area contributed by atoms with Gasteiger partial charge in [0.1, 0.15) is 0 Å². The van der Waals surface area contributed by atoms with Crippen LogP contribution in [-0.2, 0) is 4.79 Å². The van der Waals surface area contributed by atoms with Gasteiger partial charge in [-0.1, -0.05) is 18.2 Å². The lowest BCUT2D eigenvalue weighted by atomic mass is 9.94. The number of amides is 3. The van der Waals surface area contributed by atoms with E-state index in [1.807, 2.05) is 30.3 Å². The molecule has 1 aromatic carbocycles. The van der Waals surface area contributed by atoms with E-state index in [0.29, 0.717) is 19.1 Å². The van der Waals surface area contributed by atoms with E-state index in [1.54, 1.807) is 4.90 Å². The van der Waals surface area contributed by atoms with Gasteiger partial charge in [-0.2, -0.15) is 0 Å². The monoisotopic (exact) mass is 344 g/mol. The van der Waals surface area contributed by atoms with Crippen molar-refractivity contribution < 1.29 is 9.59 Å². The summed E-state index contributed by atoms with van der Waals surface area (Å²) in [5.41, 5.74) is 0.779. The van der Waals surface area contributed by atoms with Gasteiger partial charge in [0.25, 0.3) is 0 Å². The predicted octanol–water partition coefficient (Wildman–Crippen LogP) is 2.19. The Bertz CT molecular complexity index is 592. The number of urea groups is 1. The summed E-state index contributed by atoms with van der Waals surface area (Å²) in [4.78, 5) is 26.8. The Morgan fingerprint density at radius 3 is 2.72 bits per heavy atom. The smallest absolute Gasteiger partial charge is 0.321 e. The molecule has 0 spiro atoms. The topological polar surface area (TPSA) is 73.5 Å². The van der Waals surface area contributed by atoms with Gasteiger partial charge in [0.15, 0.2) is 0 Å². The minimum absolute atomic E-state index is 0.0813. The molecule has 0 radical (unpaired) electrons. The largest absolute Gasteiger partial charge is 0.352 e. The number of nitrogens with one attached hydrogen (secondary N) is 3. The average Bonchev–Trinajstić information content (AvgIpc) is 2.64. The number of hydrogen-bond acceptors (Lipinski definition) is 3. The van der Waals surface area contributed by atoms with Gasteiger partial charge in [0.05, 0.1) is 5.92 Å². The number of benzene rings is 1. The maximum absolute atomic E-state index is 12.6. The van der Waals surface area contributed by atoms with Crippen molar-refractivity contribution in [3.8, 4) is 0 Å². The Labute approximate surface area is 149 Å². The second-order valence-corrected chi connectivity index (χ2v) is 7.08. The molecule has 2 fully saturated rings. The van der Waals surface area contributed by atoms with Crippen molar-refractivity contribution in [2.24, 2.45) is 5.92 Å². The van der Waals surface area contributed by atoms with Gasteiger partial charge in [-0.15, -0.1) is 0 Å². The first-order valence-corrected chi connectivity index (χ1v) is 9.28. The van der Waals surface area contributed by atoms with Crippen LogP contribution < -0.4 is 16.0 Å². The summed E-state index contributed by atoms with van der Waals surface area (Å²) in [5, 5.41) is 9.50. The molecule has 3 amide bonds. The standard InChI is InChI=1S/C19H28N4O2/c1-14-17(10-5-11-20-14)22-18(24)15-7-6-12-23(13-15)19(25)21-16-8-3-2-4-9-16/h2-4,8-9,14-15,17,20H,5-7,10-13H2,1H3,(H,21,25)(H,22,24). The van der Waals surface area contributed by atoms with Gasteiger partial charge in [0, 0.05) is 30.9 Å². The van der Waals surface area contributed by atoms with Crippen molar-refractivity contribution in [3.05, 3.63) is 30.3 Å². The number of nitrogens with zero attached hydrogens (tertiary/aromatic N) is 1. The van der Waals surface area contributed by atoms with Crippen LogP contribution in [-0.4, -0.2) is 48.6 Å². The third kappa shape index (κ3) is 4.72. The molecule has 0 aromatic heterocycles. The van der Waals surface area contributed by atoms with E-state index in [-0.39, 0.29) is 23.9 Å². The summed E-state index contributed by atoms with van der Waals surface area (Å²) in [5.74, 6) is -0.0397. The normalized spacial score (nSPS) is 26.8. The number of carbonyl (C=O) groups is 2. The summed E-state index contributed by atoms with van der Waals surface area (Å²) in [6.07, 6.45) is 3.81. The summed E-state index contributed by atoms with van der Waals surface area (Å²) in [6.45, 7) is 4.32. The first kappa shape index (κ1) is 17.7. The fourth-order valence-electron chi connectivity index (χ4n) is 3.64. The van der Waals surface area contributed by atoms with Crippen LogP contribution in [0.3, 0.4) is 0 Å². The van der Waals surface area contributed by atoms with Crippen LogP contribution in [0.15, 0.2) is 30.3 Å². The molecule has 1 aromatic rings. The highest BCUT2D eigenvalue weighted by molar-refractivity contribution is 5.90. The van der Waals surface area contributed by atoms with Gasteiger partial charge in [-0.05, 0) is 51.3 Å². The molecular weight excluding hydrogens is 316 g/mol. The van der Waals surface area contributed by atoms with Crippen molar-refractivity contribution in [2.45, 2.75) is 44.7 Å². The Hall–Kier alpha value is -2.08. The van der Waals surface area contributed by atoms with E-state index in [4.69, 9.17) is 0 Å². The number of anilines is 1. The molecule has 3 rings (SSSR count). The molecule has 6 nitrogen and oxygen atoms in total. The molecule has 3 unspecified atom stereocenters. The Morgan fingerprint density at radius 1 is 1.16 bits per heavy atom. The van der Waals surface area contributed by atoms with Crippen LogP contribution in [0.5, 0.6) is 0 Å². The minimum atomic E-state index is -0.128. The second kappa shape index (κ2) is 8.34. The van der Waals surface area contributed by atoms with Crippen molar-refractivity contribution >= 4 is 17.6 Å². The molecule has 2 aliphatic rings. The van der Waals surface area contributed by atoms with Crippen LogP contribution in [0.4, 0.5) is 10.5 Å². The van der Waals surface area contributed by atoms with Gasteiger partial charge in [-0.3, -0.25) is 4.79 Å². The highest BCUT2D eigenvalue weighted by Gasteiger charge is 2.31. The molecule has 0 aliphatic carbocycles. The Balaban J connectivity index is 1.53. The lowest BCUT2D eigenvalue weighted by Gasteiger charge is -2.35. The lowest BCUT2D eigenvalue weighted by Crippen LogP contribution is -2.55. The van der Waals surface area contributed by atoms with E-state index in [0.717, 1.165) is 37.9 Å². The zero-order valence-electron chi connectivity index (χ0n) is 14.8. The molecule has 3 N–H and O–H groups in total. The molecule has 2 aliphatic heterocycles. The van der Waals surface area contributed by atoms with Crippen molar-refractivity contribution in [2.75, 3.05) is 25.0 Å². The summed E-state index contributed by atoms with van der Waals surface area (Å²) in [6, 6.07) is 9.79. The second-order valence-electron chi connectivity index (χ2n) is 7.08. The number of likely N-dealkylation sites (tertiary alicyclic amines) is 1. The maximum Gasteiger partial charge on any atom is 0.321 e. The number of hydrogen-bond donors (Lipinski definition) is 3. The minimum Gasteiger partial charge on any atom is -0.352 e. The first-order valence-electron chi connectivity index (χ1n) is 9.28. The fourth-order valence-corrected chi connectivity index (χ4v) is 3.64. The zero-order chi connectivity index (χ0) is 17.6. The zero-order valence-corrected chi connectivity index (χ0v) is 14.8. The molecule has 6 heteroatoms. The molecule has 3 atom stereocenters. The van der Waals surface area contributed by atoms with Crippen molar-refractivity contribution in [1.29, 1.82) is 0 Å². The highest BCUT2D eigenvalue weighted by atomic mass is 16.2. The average molecular weight is 344 g/mol. The van der Waals surface area contributed by atoms with Gasteiger partial charge < -0.3 is 20.9 Å². The van der Waals surface area contributed by atoms with Gasteiger partial charge in [-0.25, -0.2) is 4.79 Å². The van der Waals surface area contributed by atoms with E-state index in [1.165, 1.54) is 0 Å². The highest BCUT2D eigenvalue weighted by Crippen LogP contribution is 2.19. The van der Waals surface area contributed by atoms with Gasteiger partial charge >= 0.3 is 6.03 Å². The third-order valence-corrected chi connectivity index (χ3v) is 5.19. The van der Waals surface area contributed by atoms with Crippen LogP contribution in [0.1, 0.15) is 32.6 Å². The molecular formula is C19H28N4O2. The molecule has 25 heavy (non-hydrogen) atoms. The summed E-state index contributed by atoms with van der Waals surface area (Å²) >= 11 is 0. The van der Waals surface area contributed by atoms with Crippen molar-refractivity contribution in [1.82, 2.24) is 15.5 Å². The molecule has 2 saturated heterocycles. The van der Waals surface area contributed by atoms with E-state index < -0.39 is 0 Å². The first-order chi connectivity index (χ1) is 12.1. The predicted molar refractivity (Wildman–Crippen MR) is 98.4 cm³/mol. The number of carbonyl (C=O) groups excluding carboxylic acids is 2. The quantitative estimate of drug-likeness (QED) is 0.787. The van der Waals surface area contributed by atoms with E-state index in [2.05, 4.69) is 22.9 Å². The van der Waals surface area contributed by atoms with E-state index >= 15 is 0 Å². The number of piperidine rings is 2. The van der Waals surface area contributed by atoms with Crippen LogP contribution in [0, 0.1) is 5.92 Å². The van der Waals surface area contributed by atoms with Crippen LogP contribution in [0.25, 0.3) is 0 Å². The van der Waals surface area contributed by atoms with Gasteiger partial charge in [0.2, 0.25) is 5.91 Å². The van der Waals surface area contributed by atoms with E-state index in [9.17, 15) is 9.59 Å². The Kier molecular flexibility index (Phi) is 5.91. The molecule has 2 heterocycles. The summed E-state index contributed by atoms with van der Waals surface area (Å²) < 4.78 is 0. The van der Waals surface area contributed by atoms with Crippen molar-refractivity contribution in [3.63, 3.8) is 0 Å². The summed E-state index contributed by atoms with van der Waals surface area (Å²) in [7, 11) is 0. The Morgan fingerprint density at radius 2 is 1.96 bits per heavy atom. The maximum atomic E-state index is 12.6. The SMILES string of the molecule is CC1NCCCC1NC(=O)C1CCCN(C(=O)Nc2ccccc2)C1. The molecule has 0 saturated carbocycles. The number of rotatable bonds is 3. The van der Waals surface area contributed by atoms with Crippen LogP contribution in [0.2, 0.25) is 0 Å². The number of para-hydroxylation sites is 1. The molecule has 136 valence electrons. The van der Waals surface area contributed by atoms with Crippen LogP contribution >= 0.6 is 0 Å².